The first-order valence-electron chi connectivity index (χ1n) is 6.47. The number of nitrogens with one attached hydrogen (secondary N) is 1. The monoisotopic (exact) mass is 306 g/mol. The van der Waals surface area contributed by atoms with E-state index in [0.29, 0.717) is 12.5 Å². The first-order valence-corrected chi connectivity index (χ1v) is 6.85. The molecule has 1 atom stereocenters. The molecule has 6 heteroatoms. The van der Waals surface area contributed by atoms with Crippen molar-refractivity contribution in [2.24, 2.45) is 11.7 Å². The number of carbonyl (C=O) groups excluding carboxylic acids is 1. The van der Waals surface area contributed by atoms with Crippen molar-refractivity contribution in [3.8, 4) is 0 Å². The molecule has 1 amide bonds. The van der Waals surface area contributed by atoms with Gasteiger partial charge in [0.1, 0.15) is 0 Å². The molecule has 1 heterocycles. The number of furan rings is 1. The van der Waals surface area contributed by atoms with Gasteiger partial charge in [0.05, 0.1) is 0 Å². The Morgan fingerprint density at radius 1 is 1.42 bits per heavy atom. The number of hydrogen-bond acceptors (Lipinski definition) is 3. The van der Waals surface area contributed by atoms with Gasteiger partial charge in [0.2, 0.25) is 0 Å². The molecule has 0 spiro atoms. The van der Waals surface area contributed by atoms with Gasteiger partial charge in [-0.25, -0.2) is 0 Å². The van der Waals surface area contributed by atoms with Crippen LogP contribution in [0.25, 0.3) is 0 Å². The van der Waals surface area contributed by atoms with Gasteiger partial charge >= 0.3 is 0 Å². The molecule has 1 aliphatic rings. The molecule has 0 bridgehead atoms. The van der Waals surface area contributed by atoms with Gasteiger partial charge < -0.3 is 15.5 Å². The average Bonchev–Trinajstić information content (AvgIpc) is 2.83. The van der Waals surface area contributed by atoms with Gasteiger partial charge in [-0.3, -0.25) is 4.79 Å². The molecule has 1 aromatic rings. The van der Waals surface area contributed by atoms with Crippen LogP contribution < -0.4 is 11.1 Å². The SMILES string of the molecule is Cl.NCC(NC(=O)c1ccc(Cl)o1)C1CCCCC1. The zero-order chi connectivity index (χ0) is 13.0. The van der Waals surface area contributed by atoms with Crippen molar-refractivity contribution < 1.29 is 9.21 Å². The predicted octanol–water partition coefficient (Wildman–Crippen LogP) is 2.99. The number of nitrogens with two attached hydrogens (primary N) is 1. The van der Waals surface area contributed by atoms with Crippen LogP contribution in [0, 0.1) is 5.92 Å². The number of carbonyl (C=O) groups is 1. The molecule has 4 nitrogen and oxygen atoms in total. The van der Waals surface area contributed by atoms with Crippen molar-refractivity contribution in [2.75, 3.05) is 6.54 Å². The highest BCUT2D eigenvalue weighted by Gasteiger charge is 2.25. The minimum Gasteiger partial charge on any atom is -0.440 e. The van der Waals surface area contributed by atoms with Gasteiger partial charge in [-0.15, -0.1) is 12.4 Å². The van der Waals surface area contributed by atoms with E-state index in [4.69, 9.17) is 21.8 Å². The summed E-state index contributed by atoms with van der Waals surface area (Å²) in [6, 6.07) is 3.17. The largest absolute Gasteiger partial charge is 0.440 e. The van der Waals surface area contributed by atoms with Gasteiger partial charge in [-0.1, -0.05) is 19.3 Å². The molecular weight excluding hydrogens is 287 g/mol. The molecule has 0 radical (unpaired) electrons. The third kappa shape index (κ3) is 4.41. The molecule has 1 saturated carbocycles. The Balaban J connectivity index is 0.00000180. The smallest absolute Gasteiger partial charge is 0.287 e. The van der Waals surface area contributed by atoms with E-state index in [1.807, 2.05) is 0 Å². The van der Waals surface area contributed by atoms with Gasteiger partial charge in [0.25, 0.3) is 5.91 Å². The van der Waals surface area contributed by atoms with E-state index in [1.165, 1.54) is 19.3 Å². The summed E-state index contributed by atoms with van der Waals surface area (Å²) < 4.78 is 5.09. The van der Waals surface area contributed by atoms with Crippen molar-refractivity contribution in [3.05, 3.63) is 23.1 Å². The highest BCUT2D eigenvalue weighted by Crippen LogP contribution is 2.26. The Morgan fingerprint density at radius 2 is 2.11 bits per heavy atom. The molecular formula is C13H20Cl2N2O2. The molecule has 0 saturated heterocycles. The minimum absolute atomic E-state index is 0. The standard InChI is InChI=1S/C13H19ClN2O2.ClH/c14-12-7-6-11(18-12)13(17)16-10(8-15)9-4-2-1-3-5-9;/h6-7,9-10H,1-5,8,15H2,(H,16,17);1H. The summed E-state index contributed by atoms with van der Waals surface area (Å²) in [4.78, 5) is 12.0. The highest BCUT2D eigenvalue weighted by atomic mass is 35.5. The van der Waals surface area contributed by atoms with Gasteiger partial charge in [-0.2, -0.15) is 0 Å². The van der Waals surface area contributed by atoms with Crippen LogP contribution in [0.1, 0.15) is 42.7 Å². The van der Waals surface area contributed by atoms with Crippen molar-refractivity contribution in [3.63, 3.8) is 0 Å². The van der Waals surface area contributed by atoms with Gasteiger partial charge in [0, 0.05) is 12.6 Å². The fourth-order valence-electron chi connectivity index (χ4n) is 2.58. The van der Waals surface area contributed by atoms with Crippen LogP contribution in [0.4, 0.5) is 0 Å². The van der Waals surface area contributed by atoms with Crippen LogP contribution in [-0.4, -0.2) is 18.5 Å². The Bertz CT molecular complexity index is 403. The van der Waals surface area contributed by atoms with Crippen LogP contribution in [0.2, 0.25) is 5.22 Å². The zero-order valence-electron chi connectivity index (χ0n) is 10.7. The second kappa shape index (κ2) is 7.78. The average molecular weight is 307 g/mol. The molecule has 1 fully saturated rings. The van der Waals surface area contributed by atoms with E-state index >= 15 is 0 Å². The first kappa shape index (κ1) is 16.3. The van der Waals surface area contributed by atoms with E-state index in [9.17, 15) is 4.79 Å². The zero-order valence-corrected chi connectivity index (χ0v) is 12.3. The van der Waals surface area contributed by atoms with Crippen LogP contribution >= 0.6 is 24.0 Å². The van der Waals surface area contributed by atoms with Crippen molar-refractivity contribution in [2.45, 2.75) is 38.1 Å². The van der Waals surface area contributed by atoms with E-state index < -0.39 is 0 Å². The lowest BCUT2D eigenvalue weighted by atomic mass is 9.84. The van der Waals surface area contributed by atoms with Gasteiger partial charge in [-0.05, 0) is 42.5 Å². The minimum atomic E-state index is -0.233. The first-order chi connectivity index (χ1) is 8.70. The molecule has 3 N–H and O–H groups in total. The lowest BCUT2D eigenvalue weighted by Crippen LogP contribution is -2.45. The molecule has 19 heavy (non-hydrogen) atoms. The van der Waals surface area contributed by atoms with Crippen molar-refractivity contribution >= 4 is 29.9 Å². The van der Waals surface area contributed by atoms with Crippen molar-refractivity contribution in [1.29, 1.82) is 0 Å². The van der Waals surface area contributed by atoms with Crippen LogP contribution in [0.3, 0.4) is 0 Å². The van der Waals surface area contributed by atoms with Gasteiger partial charge in [0.15, 0.2) is 11.0 Å². The molecule has 108 valence electrons. The van der Waals surface area contributed by atoms with E-state index in [1.54, 1.807) is 12.1 Å². The number of amides is 1. The number of hydrogen-bond donors (Lipinski definition) is 2. The summed E-state index contributed by atoms with van der Waals surface area (Å²) in [5.74, 6) is 0.496. The van der Waals surface area contributed by atoms with E-state index in [-0.39, 0.29) is 35.3 Å². The molecule has 0 aliphatic heterocycles. The molecule has 1 aliphatic carbocycles. The van der Waals surface area contributed by atoms with Crippen LogP contribution in [0.15, 0.2) is 16.5 Å². The fourth-order valence-corrected chi connectivity index (χ4v) is 2.73. The third-order valence-corrected chi connectivity index (χ3v) is 3.79. The summed E-state index contributed by atoms with van der Waals surface area (Å²) in [7, 11) is 0. The predicted molar refractivity (Wildman–Crippen MR) is 77.8 cm³/mol. The molecule has 0 aromatic carbocycles. The number of rotatable bonds is 4. The summed E-state index contributed by atoms with van der Waals surface area (Å²) in [6.45, 7) is 0.463. The lowest BCUT2D eigenvalue weighted by molar-refractivity contribution is 0.0887. The van der Waals surface area contributed by atoms with E-state index in [0.717, 1.165) is 12.8 Å². The van der Waals surface area contributed by atoms with Crippen LogP contribution in [0.5, 0.6) is 0 Å². The van der Waals surface area contributed by atoms with Crippen LogP contribution in [-0.2, 0) is 0 Å². The van der Waals surface area contributed by atoms with Crippen molar-refractivity contribution in [1.82, 2.24) is 5.32 Å². The fraction of sp³-hybridized carbons (Fsp3) is 0.615. The maximum Gasteiger partial charge on any atom is 0.287 e. The lowest BCUT2D eigenvalue weighted by Gasteiger charge is -2.29. The second-order valence-electron chi connectivity index (χ2n) is 4.82. The third-order valence-electron chi connectivity index (χ3n) is 3.59. The number of halogens is 2. The Morgan fingerprint density at radius 3 is 2.63 bits per heavy atom. The second-order valence-corrected chi connectivity index (χ2v) is 5.19. The summed E-state index contributed by atoms with van der Waals surface area (Å²) in [5, 5.41) is 3.17. The Kier molecular flexibility index (Phi) is 6.69. The Labute approximate surface area is 124 Å². The topological polar surface area (TPSA) is 68.3 Å². The maximum atomic E-state index is 12.0. The molecule has 2 rings (SSSR count). The molecule has 1 aromatic heterocycles. The normalized spacial score (nSPS) is 17.6. The van der Waals surface area contributed by atoms with E-state index in [2.05, 4.69) is 5.32 Å². The quantitative estimate of drug-likeness (QED) is 0.898. The molecule has 1 unspecified atom stereocenters. The summed E-state index contributed by atoms with van der Waals surface area (Å²) in [6.07, 6.45) is 6.02. The maximum absolute atomic E-state index is 12.0. The summed E-state index contributed by atoms with van der Waals surface area (Å²) in [5.41, 5.74) is 5.76. The Hall–Kier alpha value is -0.710. The highest BCUT2D eigenvalue weighted by molar-refractivity contribution is 6.29. The summed E-state index contributed by atoms with van der Waals surface area (Å²) >= 11 is 5.65.